The molecule has 0 aliphatic heterocycles. The van der Waals surface area contributed by atoms with Crippen molar-refractivity contribution in [2.24, 2.45) is 7.05 Å². The molecule has 9 nitrogen and oxygen atoms in total. The van der Waals surface area contributed by atoms with Gasteiger partial charge in [-0.25, -0.2) is 14.6 Å². The summed E-state index contributed by atoms with van der Waals surface area (Å²) in [5.74, 6) is 1.17. The minimum Gasteiger partial charge on any atom is -0.368 e. The number of amides is 1. The van der Waals surface area contributed by atoms with Crippen LogP contribution in [-0.2, 0) is 7.05 Å². The molecule has 4 heterocycles. The summed E-state index contributed by atoms with van der Waals surface area (Å²) in [6.45, 7) is 2.89. The number of hydrogen-bond acceptors (Lipinski definition) is 7. The van der Waals surface area contributed by atoms with Crippen LogP contribution in [0.5, 0.6) is 0 Å². The molecule has 0 fully saturated rings. The summed E-state index contributed by atoms with van der Waals surface area (Å²) in [5, 5.41) is 16.8. The van der Waals surface area contributed by atoms with Crippen LogP contribution in [0.25, 0.3) is 16.4 Å². The molecule has 4 rings (SSSR count). The SMILES string of the molecule is Cc1ccn(-c2cc(NCCNC(=O)c3cc(-c4cccs4)nn3C)ncn2)n1. The molecule has 0 unspecified atom stereocenters. The van der Waals surface area contributed by atoms with E-state index >= 15 is 0 Å². The normalized spacial score (nSPS) is 10.8. The van der Waals surface area contributed by atoms with E-state index in [-0.39, 0.29) is 5.91 Å². The Hall–Kier alpha value is -3.53. The van der Waals surface area contributed by atoms with Gasteiger partial charge >= 0.3 is 0 Å². The Balaban J connectivity index is 1.31. The van der Waals surface area contributed by atoms with E-state index in [9.17, 15) is 4.79 Å². The zero-order valence-corrected chi connectivity index (χ0v) is 16.8. The molecule has 0 saturated heterocycles. The number of hydrogen-bond donors (Lipinski definition) is 2. The smallest absolute Gasteiger partial charge is 0.269 e. The highest BCUT2D eigenvalue weighted by Crippen LogP contribution is 2.23. The fourth-order valence-electron chi connectivity index (χ4n) is 2.79. The second-order valence-electron chi connectivity index (χ2n) is 6.36. The molecule has 0 saturated carbocycles. The summed E-state index contributed by atoms with van der Waals surface area (Å²) in [6, 6.07) is 9.47. The second-order valence-corrected chi connectivity index (χ2v) is 7.31. The summed E-state index contributed by atoms with van der Waals surface area (Å²) < 4.78 is 3.29. The van der Waals surface area contributed by atoms with E-state index in [0.717, 1.165) is 16.3 Å². The van der Waals surface area contributed by atoms with Crippen molar-refractivity contribution in [2.45, 2.75) is 6.92 Å². The average Bonchev–Trinajstić information content (AvgIpc) is 3.46. The maximum absolute atomic E-state index is 12.5. The Bertz CT molecular complexity index is 1120. The van der Waals surface area contributed by atoms with Gasteiger partial charge in [-0.2, -0.15) is 10.2 Å². The first-order valence-electron chi connectivity index (χ1n) is 9.05. The van der Waals surface area contributed by atoms with Gasteiger partial charge in [-0.05, 0) is 30.5 Å². The van der Waals surface area contributed by atoms with Crippen LogP contribution in [0.2, 0.25) is 0 Å². The van der Waals surface area contributed by atoms with Gasteiger partial charge in [-0.15, -0.1) is 11.3 Å². The number of nitrogens with one attached hydrogen (secondary N) is 2. The van der Waals surface area contributed by atoms with Gasteiger partial charge in [0.1, 0.15) is 23.5 Å². The third kappa shape index (κ3) is 4.32. The first kappa shape index (κ1) is 18.8. The van der Waals surface area contributed by atoms with E-state index < -0.39 is 0 Å². The first-order valence-corrected chi connectivity index (χ1v) is 9.93. The Labute approximate surface area is 171 Å². The molecule has 4 aromatic rings. The van der Waals surface area contributed by atoms with E-state index in [1.54, 1.807) is 33.8 Å². The van der Waals surface area contributed by atoms with Crippen molar-refractivity contribution in [2.75, 3.05) is 18.4 Å². The van der Waals surface area contributed by atoms with Crippen LogP contribution in [0.4, 0.5) is 5.82 Å². The lowest BCUT2D eigenvalue weighted by Gasteiger charge is -2.08. The zero-order chi connectivity index (χ0) is 20.2. The topological polar surface area (TPSA) is 103 Å². The number of carbonyl (C=O) groups excluding carboxylic acids is 1. The number of aromatic nitrogens is 6. The van der Waals surface area contributed by atoms with Crippen LogP contribution in [0, 0.1) is 6.92 Å². The van der Waals surface area contributed by atoms with Crippen molar-refractivity contribution in [3.8, 4) is 16.4 Å². The highest BCUT2D eigenvalue weighted by Gasteiger charge is 2.14. The maximum Gasteiger partial charge on any atom is 0.269 e. The number of thiophene rings is 1. The molecule has 0 atom stereocenters. The van der Waals surface area contributed by atoms with Gasteiger partial charge in [0, 0.05) is 32.4 Å². The van der Waals surface area contributed by atoms with Crippen LogP contribution >= 0.6 is 11.3 Å². The molecule has 0 spiro atoms. The molecular formula is C19H20N8OS. The first-order chi connectivity index (χ1) is 14.1. The van der Waals surface area contributed by atoms with Crippen LogP contribution < -0.4 is 10.6 Å². The molecule has 4 aromatic heterocycles. The van der Waals surface area contributed by atoms with Gasteiger partial charge in [-0.1, -0.05) is 6.07 Å². The van der Waals surface area contributed by atoms with Crippen LogP contribution in [0.3, 0.4) is 0 Å². The van der Waals surface area contributed by atoms with E-state index in [1.807, 2.05) is 42.8 Å². The lowest BCUT2D eigenvalue weighted by molar-refractivity contribution is 0.0946. The Kier molecular flexibility index (Phi) is 5.34. The molecule has 10 heteroatoms. The molecule has 2 N–H and O–H groups in total. The van der Waals surface area contributed by atoms with Gasteiger partial charge in [0.2, 0.25) is 0 Å². The number of carbonyl (C=O) groups is 1. The quantitative estimate of drug-likeness (QED) is 0.455. The number of anilines is 1. The number of aryl methyl sites for hydroxylation is 2. The van der Waals surface area contributed by atoms with Crippen molar-refractivity contribution in [1.82, 2.24) is 34.8 Å². The summed E-state index contributed by atoms with van der Waals surface area (Å²) >= 11 is 1.59. The Morgan fingerprint density at radius 2 is 2.07 bits per heavy atom. The Morgan fingerprint density at radius 3 is 2.83 bits per heavy atom. The van der Waals surface area contributed by atoms with E-state index in [2.05, 4.69) is 30.8 Å². The Morgan fingerprint density at radius 1 is 1.17 bits per heavy atom. The molecule has 1 amide bonds. The molecule has 0 aliphatic rings. The van der Waals surface area contributed by atoms with Gasteiger partial charge in [0.15, 0.2) is 5.82 Å². The fourth-order valence-corrected chi connectivity index (χ4v) is 3.47. The predicted octanol–water partition coefficient (Wildman–Crippen LogP) is 2.27. The van der Waals surface area contributed by atoms with Crippen LogP contribution in [0.1, 0.15) is 16.2 Å². The summed E-state index contributed by atoms with van der Waals surface area (Å²) in [6.07, 6.45) is 3.33. The lowest BCUT2D eigenvalue weighted by Crippen LogP contribution is -2.30. The number of nitrogens with zero attached hydrogens (tertiary/aromatic N) is 6. The van der Waals surface area contributed by atoms with Crippen LogP contribution in [-0.4, -0.2) is 48.5 Å². The van der Waals surface area contributed by atoms with Gasteiger partial charge in [0.25, 0.3) is 5.91 Å². The third-order valence-electron chi connectivity index (χ3n) is 4.21. The molecule has 0 aliphatic carbocycles. The lowest BCUT2D eigenvalue weighted by atomic mass is 10.3. The largest absolute Gasteiger partial charge is 0.368 e. The molecule has 0 radical (unpaired) electrons. The summed E-state index contributed by atoms with van der Waals surface area (Å²) in [4.78, 5) is 21.9. The van der Waals surface area contributed by atoms with Crippen molar-refractivity contribution in [1.29, 1.82) is 0 Å². The average molecular weight is 408 g/mol. The standard InChI is InChI=1S/C19H20N8OS/c1-13-5-8-27(24-13)18-11-17(22-12-23-18)20-6-7-21-19(28)15-10-14(25-26(15)2)16-4-3-9-29-16/h3-5,8-12H,6-7H2,1-2H3,(H,21,28)(H,20,22,23). The molecule has 0 aromatic carbocycles. The molecular weight excluding hydrogens is 388 g/mol. The van der Waals surface area contributed by atoms with E-state index in [4.69, 9.17) is 0 Å². The number of rotatable bonds is 7. The van der Waals surface area contributed by atoms with Crippen molar-refractivity contribution < 1.29 is 4.79 Å². The van der Waals surface area contributed by atoms with Gasteiger partial charge in [0.05, 0.1) is 10.6 Å². The zero-order valence-electron chi connectivity index (χ0n) is 16.0. The minimum atomic E-state index is -0.167. The van der Waals surface area contributed by atoms with Crippen LogP contribution in [0.15, 0.2) is 48.2 Å². The monoisotopic (exact) mass is 408 g/mol. The molecule has 29 heavy (non-hydrogen) atoms. The third-order valence-corrected chi connectivity index (χ3v) is 5.10. The summed E-state index contributed by atoms with van der Waals surface area (Å²) in [7, 11) is 1.77. The van der Waals surface area contributed by atoms with E-state index in [1.165, 1.54) is 6.33 Å². The fraction of sp³-hybridized carbons (Fsp3) is 0.211. The van der Waals surface area contributed by atoms with Gasteiger partial charge in [-0.3, -0.25) is 9.48 Å². The second kappa shape index (κ2) is 8.23. The predicted molar refractivity (Wildman–Crippen MR) is 111 cm³/mol. The highest BCUT2D eigenvalue weighted by molar-refractivity contribution is 7.13. The van der Waals surface area contributed by atoms with Crippen molar-refractivity contribution in [3.05, 3.63) is 59.6 Å². The molecule has 0 bridgehead atoms. The van der Waals surface area contributed by atoms with Crippen molar-refractivity contribution >= 4 is 23.1 Å². The minimum absolute atomic E-state index is 0.167. The van der Waals surface area contributed by atoms with E-state index in [0.29, 0.717) is 30.4 Å². The highest BCUT2D eigenvalue weighted by atomic mass is 32.1. The van der Waals surface area contributed by atoms with Crippen molar-refractivity contribution in [3.63, 3.8) is 0 Å². The van der Waals surface area contributed by atoms with Gasteiger partial charge < -0.3 is 10.6 Å². The summed E-state index contributed by atoms with van der Waals surface area (Å²) in [5.41, 5.74) is 2.23. The maximum atomic E-state index is 12.5. The molecule has 148 valence electrons.